The van der Waals surface area contributed by atoms with Crippen LogP contribution in [0.25, 0.3) is 0 Å². The maximum Gasteiger partial charge on any atom is 0.326 e. The number of carbonyl (C=O) groups excluding carboxylic acids is 4. The highest BCUT2D eigenvalue weighted by Crippen LogP contribution is 2.48. The summed E-state index contributed by atoms with van der Waals surface area (Å²) in [5.74, 6) is -3.82. The molecule has 0 spiro atoms. The third kappa shape index (κ3) is 23.0. The Hall–Kier alpha value is -8.05. The van der Waals surface area contributed by atoms with Gasteiger partial charge in [0.2, 0.25) is 11.6 Å². The van der Waals surface area contributed by atoms with E-state index in [0.29, 0.717) is 75.1 Å². The van der Waals surface area contributed by atoms with Gasteiger partial charge in [-0.3, -0.25) is 28.3 Å². The molecule has 2 aliphatic heterocycles. The monoisotopic (exact) mass is 1370 g/mol. The highest BCUT2D eigenvalue weighted by molar-refractivity contribution is 7.86. The van der Waals surface area contributed by atoms with Gasteiger partial charge in [0.15, 0.2) is 11.5 Å². The summed E-state index contributed by atoms with van der Waals surface area (Å²) >= 11 is 0. The van der Waals surface area contributed by atoms with Crippen LogP contribution in [-0.4, -0.2) is 125 Å². The Morgan fingerprint density at radius 3 is 1.90 bits per heavy atom. The van der Waals surface area contributed by atoms with Crippen LogP contribution in [0.4, 0.5) is 16.2 Å². The van der Waals surface area contributed by atoms with Gasteiger partial charge in [0.25, 0.3) is 20.2 Å². The van der Waals surface area contributed by atoms with Crippen LogP contribution in [0.5, 0.6) is 5.75 Å². The number of carboxylic acids is 2. The second-order valence-electron chi connectivity index (χ2n) is 27.1. The first-order valence-corrected chi connectivity index (χ1v) is 37.2. The summed E-state index contributed by atoms with van der Waals surface area (Å²) in [5.41, 5.74) is 8.70. The number of carbonyl (C=O) groups is 6. The molecule has 3 atom stereocenters. The molecular formula is C75H98N5O15S2+. The normalized spacial score (nSPS) is 16.9. The molecule has 0 aromatic heterocycles. The van der Waals surface area contributed by atoms with E-state index in [1.807, 2.05) is 54.6 Å². The Morgan fingerprint density at radius 1 is 0.619 bits per heavy atom. The van der Waals surface area contributed by atoms with Gasteiger partial charge >= 0.3 is 18.0 Å². The van der Waals surface area contributed by atoms with E-state index in [1.54, 1.807) is 38.1 Å². The number of nitrogens with one attached hydrogen (secondary N) is 3. The molecule has 22 heteroatoms. The molecule has 0 saturated carbocycles. The molecule has 2 heterocycles. The second kappa shape index (κ2) is 35.5. The van der Waals surface area contributed by atoms with Gasteiger partial charge in [0.1, 0.15) is 29.9 Å². The number of hydrogen-bond donors (Lipinski definition) is 7. The second-order valence-corrected chi connectivity index (χ2v) is 30.2. The number of ketones is 2. The Balaban J connectivity index is 1.06. The molecule has 0 unspecified atom stereocenters. The number of benzene rings is 4. The van der Waals surface area contributed by atoms with E-state index in [4.69, 9.17) is 4.74 Å². The minimum atomic E-state index is -4.13. The van der Waals surface area contributed by atoms with E-state index < -0.39 is 72.8 Å². The van der Waals surface area contributed by atoms with Crippen molar-refractivity contribution in [1.29, 1.82) is 0 Å². The molecule has 3 aliphatic rings. The van der Waals surface area contributed by atoms with Crippen molar-refractivity contribution in [2.24, 2.45) is 5.92 Å². The largest absolute Gasteiger partial charge is 0.481 e. The molecule has 4 aromatic rings. The van der Waals surface area contributed by atoms with E-state index in [2.05, 4.69) is 102 Å². The molecule has 7 N–H and O–H groups in total. The first kappa shape index (κ1) is 76.3. The van der Waals surface area contributed by atoms with Crippen molar-refractivity contribution >= 4 is 72.8 Å². The van der Waals surface area contributed by atoms with Crippen LogP contribution in [0.2, 0.25) is 0 Å². The quantitative estimate of drug-likeness (QED) is 0.0124. The maximum absolute atomic E-state index is 14.3. The zero-order chi connectivity index (χ0) is 70.5. The minimum Gasteiger partial charge on any atom is -0.481 e. The van der Waals surface area contributed by atoms with Crippen LogP contribution in [0.1, 0.15) is 179 Å². The van der Waals surface area contributed by atoms with Crippen LogP contribution in [0, 0.1) is 5.92 Å². The van der Waals surface area contributed by atoms with Crippen molar-refractivity contribution in [3.05, 3.63) is 172 Å². The Morgan fingerprint density at radius 2 is 1.24 bits per heavy atom. The number of unbranched alkanes of at least 4 members (excludes halogenated alkanes) is 7. The molecule has 97 heavy (non-hydrogen) atoms. The summed E-state index contributed by atoms with van der Waals surface area (Å²) in [7, 11) is -8.26. The number of urea groups is 1. The van der Waals surface area contributed by atoms with E-state index in [9.17, 15) is 64.9 Å². The number of rotatable bonds is 39. The van der Waals surface area contributed by atoms with E-state index in [-0.39, 0.29) is 80.6 Å². The summed E-state index contributed by atoms with van der Waals surface area (Å²) in [6.07, 6.45) is 16.8. The SMILES string of the molecule is CC(C)NC(=O)N[C@@H](CCC(=O)CCCCCCCCC(=O)N[C@@H](Cc1ccccc1)C(=O)C[C@@H](Cc1ccc(OC2=C(C=CC3=[N+](CCCCS(=O)(=O)O)c4ccccc4C3(C)C)CCCC2=CC=C2N(CCCCS(=O)(=O)O)c3ccccc3C2(C)C)cc1)C(=O)O)C(=O)O. The molecule has 3 amide bonds. The predicted molar refractivity (Wildman–Crippen MR) is 377 cm³/mol. The van der Waals surface area contributed by atoms with Gasteiger partial charge in [-0.05, 0) is 157 Å². The lowest BCUT2D eigenvalue weighted by molar-refractivity contribution is -0.438. The molecule has 0 saturated heterocycles. The van der Waals surface area contributed by atoms with E-state index in [1.165, 1.54) is 0 Å². The Kier molecular flexibility index (Phi) is 27.9. The Labute approximate surface area is 572 Å². The van der Waals surface area contributed by atoms with Gasteiger partial charge in [0.05, 0.1) is 28.9 Å². The number of amides is 3. The molecule has 524 valence electrons. The van der Waals surface area contributed by atoms with Crippen LogP contribution >= 0.6 is 0 Å². The van der Waals surface area contributed by atoms with Gasteiger partial charge in [-0.2, -0.15) is 21.4 Å². The van der Waals surface area contributed by atoms with Crippen molar-refractivity contribution in [3.8, 4) is 5.75 Å². The molecule has 7 rings (SSSR count). The molecule has 20 nitrogen and oxygen atoms in total. The molecule has 4 aromatic carbocycles. The summed E-state index contributed by atoms with van der Waals surface area (Å²) in [5, 5.41) is 28.0. The van der Waals surface area contributed by atoms with Crippen molar-refractivity contribution in [2.45, 2.75) is 199 Å². The first-order valence-electron chi connectivity index (χ1n) is 34.0. The first-order chi connectivity index (χ1) is 46.0. The van der Waals surface area contributed by atoms with Gasteiger partial charge in [0, 0.05) is 79.2 Å². The van der Waals surface area contributed by atoms with Crippen LogP contribution in [-0.2, 0) is 67.9 Å². The average Bonchev–Trinajstić information content (AvgIpc) is 1.60. The zero-order valence-electron chi connectivity index (χ0n) is 56.9. The van der Waals surface area contributed by atoms with Gasteiger partial charge in [-0.25, -0.2) is 9.59 Å². The number of ether oxygens (including phenoxy) is 1. The lowest BCUT2D eigenvalue weighted by atomic mass is 9.81. The zero-order valence-corrected chi connectivity index (χ0v) is 58.5. The number of fused-ring (bicyclic) bond motifs is 2. The number of Topliss-reactive ketones (excluding diaryl/α,β-unsaturated/α-hetero) is 2. The van der Waals surface area contributed by atoms with Gasteiger partial charge in [-0.1, -0.05) is 124 Å². The van der Waals surface area contributed by atoms with Crippen molar-refractivity contribution in [2.75, 3.05) is 29.5 Å². The lowest BCUT2D eigenvalue weighted by Crippen LogP contribution is -2.48. The third-order valence-electron chi connectivity index (χ3n) is 18.3. The highest BCUT2D eigenvalue weighted by atomic mass is 32.2. The molecular weight excluding hydrogens is 1270 g/mol. The fourth-order valence-electron chi connectivity index (χ4n) is 13.1. The van der Waals surface area contributed by atoms with Crippen LogP contribution in [0.15, 0.2) is 150 Å². The average molecular weight is 1370 g/mol. The number of carboxylic acid groups (broad SMARTS) is 2. The standard InChI is InChI=1S/C75H97N5O15S2/c1-52(2)76-73(88)78-62(72(86)87)42-39-58(81)29-14-9-7-8-10-15-34-69(83)77-63(50-53-25-12-11-13-26-53)66(82)51-57(71(84)85)49-54-35-40-59(41-36-54)95-70-55(37-43-67-74(3,4)60-30-16-18-32-64(60)79(67)45-20-22-47-96(89,90)91)27-24-28-56(70)38-44-68-75(5,6)61-31-17-19-33-65(61)80(68)46-21-23-48-97(92,93)94/h11-13,16-19,25-26,30-33,35-38,40-41,43-44,52,57,62-63H,7-10,14-15,20-24,27-29,34,39,42,45-51H2,1-6H3,(H6-,76,77,78,83,84,85,86,87,88,89,90,91,92,93,94)/p+1/t57-,62+,63+/m1/s1. The number of para-hydroxylation sites is 2. The summed E-state index contributed by atoms with van der Waals surface area (Å²) < 4.78 is 75.0. The predicted octanol–water partition coefficient (Wildman–Crippen LogP) is 12.6. The molecule has 1 aliphatic carbocycles. The van der Waals surface area contributed by atoms with Crippen LogP contribution in [0.3, 0.4) is 0 Å². The fraction of sp³-hybridized carbons (Fsp3) is 0.480. The summed E-state index contributed by atoms with van der Waals surface area (Å²) in [4.78, 5) is 79.2. The van der Waals surface area contributed by atoms with E-state index >= 15 is 0 Å². The molecule has 0 fully saturated rings. The maximum atomic E-state index is 14.3. The number of aliphatic carboxylic acids is 2. The number of nitrogens with zero attached hydrogens (tertiary/aromatic N) is 2. The van der Waals surface area contributed by atoms with Crippen molar-refractivity contribution in [1.82, 2.24) is 16.0 Å². The van der Waals surface area contributed by atoms with Crippen molar-refractivity contribution < 1.29 is 74.2 Å². The van der Waals surface area contributed by atoms with Gasteiger partial charge in [-0.15, -0.1) is 0 Å². The minimum absolute atomic E-state index is 0.00398. The molecule has 0 bridgehead atoms. The summed E-state index contributed by atoms with van der Waals surface area (Å²) in [6.45, 7) is 13.2. The van der Waals surface area contributed by atoms with Crippen molar-refractivity contribution in [3.63, 3.8) is 0 Å². The smallest absolute Gasteiger partial charge is 0.326 e. The Bertz CT molecular complexity index is 3830. The van der Waals surface area contributed by atoms with E-state index in [0.717, 1.165) is 82.7 Å². The lowest BCUT2D eigenvalue weighted by Gasteiger charge is -2.27. The third-order valence-corrected chi connectivity index (χ3v) is 19.9. The topological polar surface area (TPSA) is 303 Å². The van der Waals surface area contributed by atoms with Gasteiger partial charge < -0.3 is 35.8 Å². The highest BCUT2D eigenvalue weighted by Gasteiger charge is 2.44. The van der Waals surface area contributed by atoms with Crippen LogP contribution < -0.4 is 25.6 Å². The summed E-state index contributed by atoms with van der Waals surface area (Å²) in [6, 6.07) is 29.8. The molecule has 0 radical (unpaired) electrons. The number of anilines is 1. The number of allylic oxidation sites excluding steroid dienone is 7. The fourth-order valence-corrected chi connectivity index (χ4v) is 14.3. The number of hydrogen-bond acceptors (Lipinski definition) is 12.